The van der Waals surface area contributed by atoms with Crippen LogP contribution in [0.15, 0.2) is 97.6 Å². The van der Waals surface area contributed by atoms with Gasteiger partial charge in [-0.3, -0.25) is 4.57 Å². The highest BCUT2D eigenvalue weighted by Crippen LogP contribution is 2.44. The van der Waals surface area contributed by atoms with Gasteiger partial charge in [-0.15, -0.1) is 0 Å². The number of aliphatic hydroxyl groups is 2. The Kier molecular flexibility index (Phi) is 6.90. The summed E-state index contributed by atoms with van der Waals surface area (Å²) in [6.45, 7) is 0.716. The predicted molar refractivity (Wildman–Crippen MR) is 151 cm³/mol. The number of anilines is 1. The summed E-state index contributed by atoms with van der Waals surface area (Å²) in [5.74, 6) is 1.14. The molecular weight excluding hydrogens is 525 g/mol. The van der Waals surface area contributed by atoms with Gasteiger partial charge < -0.3 is 25.0 Å². The number of nitrogens with zero attached hydrogens (tertiary/aromatic N) is 4. The monoisotopic (exact) mass is 555 g/mol. The summed E-state index contributed by atoms with van der Waals surface area (Å²) >= 11 is 0. The Morgan fingerprint density at radius 2 is 1.56 bits per heavy atom. The Bertz CT molecular complexity index is 1590. The fraction of sp³-hybridized carbons (Fsp3) is 0.258. The first-order chi connectivity index (χ1) is 19.9. The van der Waals surface area contributed by atoms with Crippen molar-refractivity contribution in [2.24, 2.45) is 0 Å². The minimum Gasteiger partial charge on any atom is -0.497 e. The molecule has 3 aromatic carbocycles. The van der Waals surface area contributed by atoms with E-state index in [4.69, 9.17) is 9.47 Å². The number of imidazole rings is 1. The van der Waals surface area contributed by atoms with Gasteiger partial charge in [-0.1, -0.05) is 72.8 Å². The third-order valence-electron chi connectivity index (χ3n) is 7.75. The van der Waals surface area contributed by atoms with Crippen LogP contribution in [0.2, 0.25) is 0 Å². The predicted octanol–water partition coefficient (Wildman–Crippen LogP) is 4.22. The molecule has 3 N–H and O–H groups in total. The molecule has 0 saturated carbocycles. The molecule has 0 bridgehead atoms. The molecule has 1 fully saturated rings. The molecule has 10 heteroatoms. The van der Waals surface area contributed by atoms with Crippen LogP contribution in [0, 0.1) is 0 Å². The highest BCUT2D eigenvalue weighted by molar-refractivity contribution is 5.84. The summed E-state index contributed by atoms with van der Waals surface area (Å²) in [4.78, 5) is 13.5. The van der Waals surface area contributed by atoms with E-state index in [1.54, 1.807) is 7.11 Å². The number of aromatic nitrogens is 4. The summed E-state index contributed by atoms with van der Waals surface area (Å²) < 4.78 is 28.3. The van der Waals surface area contributed by atoms with Gasteiger partial charge in [0.2, 0.25) is 0 Å². The Labute approximate surface area is 236 Å². The van der Waals surface area contributed by atoms with Crippen LogP contribution in [-0.2, 0) is 10.3 Å². The van der Waals surface area contributed by atoms with Crippen LogP contribution in [-0.4, -0.2) is 61.3 Å². The van der Waals surface area contributed by atoms with Crippen molar-refractivity contribution >= 4 is 17.0 Å². The maximum Gasteiger partial charge on any atom is 0.181 e. The number of rotatable bonds is 8. The van der Waals surface area contributed by atoms with Crippen molar-refractivity contribution in [1.82, 2.24) is 19.5 Å². The molecule has 0 unspecified atom stereocenters. The molecule has 1 aliphatic heterocycles. The lowest BCUT2D eigenvalue weighted by atomic mass is 9.77. The lowest BCUT2D eigenvalue weighted by Gasteiger charge is -2.37. The van der Waals surface area contributed by atoms with Crippen LogP contribution in [0.1, 0.15) is 29.8 Å². The molecule has 9 nitrogen and oxygen atoms in total. The molecule has 0 aliphatic carbocycles. The van der Waals surface area contributed by atoms with Gasteiger partial charge in [-0.2, -0.15) is 0 Å². The van der Waals surface area contributed by atoms with Crippen LogP contribution >= 0.6 is 0 Å². The fourth-order valence-corrected chi connectivity index (χ4v) is 5.59. The third kappa shape index (κ3) is 4.40. The number of fused-ring (bicyclic) bond motifs is 1. The van der Waals surface area contributed by atoms with Crippen LogP contribution in [0.4, 0.5) is 10.2 Å². The van der Waals surface area contributed by atoms with Crippen molar-refractivity contribution in [1.29, 1.82) is 0 Å². The second kappa shape index (κ2) is 10.5. The molecular formula is C31H30FN5O4. The normalized spacial score (nSPS) is 22.6. The number of benzene rings is 3. The molecule has 210 valence electrons. The third-order valence-corrected chi connectivity index (χ3v) is 7.75. The average Bonchev–Trinajstić information content (AvgIpc) is 3.54. The lowest BCUT2D eigenvalue weighted by Crippen LogP contribution is -2.40. The largest absolute Gasteiger partial charge is 0.497 e. The standard InChI is InChI=1S/C31H30FN5O4/c1-30(32)26(39)24(17-38)41-29(30)37-19-35-25-27(33-18-34-28(25)37)36-31(20-9-5-3-6-10-20,21-11-7-4-8-12-21)22-13-15-23(40-2)16-14-22/h3-16,18-19,24,26,29,38-39H,17H2,1-2H3,(H,33,34,36)/t24-,26-,29-,30-/m1/s1. The quantitative estimate of drug-likeness (QED) is 0.244. The van der Waals surface area contributed by atoms with E-state index in [1.807, 2.05) is 84.9 Å². The molecule has 0 amide bonds. The molecule has 3 heterocycles. The van der Waals surface area contributed by atoms with Crippen molar-refractivity contribution in [3.63, 3.8) is 0 Å². The van der Waals surface area contributed by atoms with E-state index in [0.717, 1.165) is 22.4 Å². The lowest BCUT2D eigenvalue weighted by molar-refractivity contribution is -0.0566. The number of hydrogen-bond donors (Lipinski definition) is 3. The minimum atomic E-state index is -2.19. The molecule has 2 aromatic heterocycles. The van der Waals surface area contributed by atoms with E-state index in [1.165, 1.54) is 24.1 Å². The fourth-order valence-electron chi connectivity index (χ4n) is 5.59. The highest BCUT2D eigenvalue weighted by atomic mass is 19.1. The van der Waals surface area contributed by atoms with E-state index >= 15 is 4.39 Å². The van der Waals surface area contributed by atoms with Gasteiger partial charge >= 0.3 is 0 Å². The zero-order chi connectivity index (χ0) is 28.6. The van der Waals surface area contributed by atoms with Crippen molar-refractivity contribution in [3.8, 4) is 5.75 Å². The Morgan fingerprint density at radius 3 is 2.12 bits per heavy atom. The molecule has 0 spiro atoms. The number of ether oxygens (including phenoxy) is 2. The number of aliphatic hydroxyl groups excluding tert-OH is 2. The zero-order valence-electron chi connectivity index (χ0n) is 22.6. The first kappa shape index (κ1) is 26.8. The summed E-state index contributed by atoms with van der Waals surface area (Å²) in [5.41, 5.74) is 0.410. The van der Waals surface area contributed by atoms with Crippen molar-refractivity contribution in [2.75, 3.05) is 19.0 Å². The van der Waals surface area contributed by atoms with E-state index in [0.29, 0.717) is 17.0 Å². The maximum absolute atomic E-state index is 15.7. The SMILES string of the molecule is COc1ccc(C(Nc2ncnc3c2ncn3[C@@H]2O[C@H](CO)[C@@H](O)[C@@]2(C)F)(c2ccccc2)c2ccccc2)cc1. The topological polar surface area (TPSA) is 115 Å². The van der Waals surface area contributed by atoms with E-state index < -0.39 is 36.3 Å². The highest BCUT2D eigenvalue weighted by Gasteiger charge is 2.55. The van der Waals surface area contributed by atoms with Crippen molar-refractivity contribution in [2.45, 2.75) is 36.6 Å². The summed E-state index contributed by atoms with van der Waals surface area (Å²) in [5, 5.41) is 23.7. The number of alkyl halides is 1. The van der Waals surface area contributed by atoms with E-state index in [-0.39, 0.29) is 0 Å². The van der Waals surface area contributed by atoms with Crippen molar-refractivity contribution in [3.05, 3.63) is 114 Å². The van der Waals surface area contributed by atoms with Crippen LogP contribution in [0.3, 0.4) is 0 Å². The number of nitrogens with one attached hydrogen (secondary N) is 1. The molecule has 4 atom stereocenters. The number of halogens is 1. The van der Waals surface area contributed by atoms with E-state index in [9.17, 15) is 10.2 Å². The smallest absolute Gasteiger partial charge is 0.181 e. The number of hydrogen-bond acceptors (Lipinski definition) is 8. The van der Waals surface area contributed by atoms with Gasteiger partial charge in [-0.05, 0) is 35.7 Å². The second-order valence-electron chi connectivity index (χ2n) is 10.2. The molecule has 1 saturated heterocycles. The van der Waals surface area contributed by atoms with Gasteiger partial charge in [-0.25, -0.2) is 19.3 Å². The maximum atomic E-state index is 15.7. The summed E-state index contributed by atoms with van der Waals surface area (Å²) in [7, 11) is 1.63. The molecule has 41 heavy (non-hydrogen) atoms. The first-order valence-corrected chi connectivity index (χ1v) is 13.2. The molecule has 0 radical (unpaired) electrons. The van der Waals surface area contributed by atoms with Gasteiger partial charge in [0.15, 0.2) is 28.9 Å². The number of methoxy groups -OCH3 is 1. The van der Waals surface area contributed by atoms with Gasteiger partial charge in [0, 0.05) is 0 Å². The molecule has 5 aromatic rings. The zero-order valence-corrected chi connectivity index (χ0v) is 22.6. The van der Waals surface area contributed by atoms with Crippen LogP contribution < -0.4 is 10.1 Å². The average molecular weight is 556 g/mol. The Hall–Kier alpha value is -4.38. The summed E-state index contributed by atoms with van der Waals surface area (Å²) in [6, 6.07) is 27.8. The van der Waals surface area contributed by atoms with Gasteiger partial charge in [0.25, 0.3) is 0 Å². The first-order valence-electron chi connectivity index (χ1n) is 13.2. The van der Waals surface area contributed by atoms with Crippen molar-refractivity contribution < 1.29 is 24.1 Å². The Balaban J connectivity index is 1.53. The summed E-state index contributed by atoms with van der Waals surface area (Å²) in [6.07, 6.45) is -1.06. The molecule has 6 rings (SSSR count). The Morgan fingerprint density at radius 1 is 0.951 bits per heavy atom. The minimum absolute atomic E-state index is 0.312. The van der Waals surface area contributed by atoms with Crippen LogP contribution in [0.25, 0.3) is 11.2 Å². The van der Waals surface area contributed by atoms with Gasteiger partial charge in [0.05, 0.1) is 20.0 Å². The second-order valence-corrected chi connectivity index (χ2v) is 10.2. The van der Waals surface area contributed by atoms with E-state index in [2.05, 4.69) is 20.3 Å². The molecule has 1 aliphatic rings. The van der Waals surface area contributed by atoms with Gasteiger partial charge in [0.1, 0.15) is 29.8 Å². The van der Waals surface area contributed by atoms with Crippen LogP contribution in [0.5, 0.6) is 5.75 Å².